The lowest BCUT2D eigenvalue weighted by atomic mass is 10.0. The first-order valence-electron chi connectivity index (χ1n) is 6.53. The fraction of sp³-hybridized carbons (Fsp3) is 0.333. The van der Waals surface area contributed by atoms with Gasteiger partial charge >= 0.3 is 0 Å². The molecule has 0 saturated heterocycles. The van der Waals surface area contributed by atoms with E-state index < -0.39 is 0 Å². The normalized spacial score (nSPS) is 10.3. The van der Waals surface area contributed by atoms with Crippen LogP contribution >= 0.6 is 0 Å². The molecule has 5 heteroatoms. The molecule has 0 atom stereocenters. The zero-order valence-corrected chi connectivity index (χ0v) is 12.0. The summed E-state index contributed by atoms with van der Waals surface area (Å²) in [5, 5.41) is 0. The lowest BCUT2D eigenvalue weighted by Gasteiger charge is -2.15. The van der Waals surface area contributed by atoms with E-state index in [-0.39, 0.29) is 0 Å². The number of hydrogen-bond acceptors (Lipinski definition) is 5. The van der Waals surface area contributed by atoms with Crippen molar-refractivity contribution < 1.29 is 9.47 Å². The Morgan fingerprint density at radius 1 is 1.15 bits per heavy atom. The molecule has 0 aliphatic rings. The molecule has 0 aliphatic carbocycles. The van der Waals surface area contributed by atoms with Crippen molar-refractivity contribution >= 4 is 5.82 Å². The average Bonchev–Trinajstić information content (AvgIpc) is 2.48. The fourth-order valence-electron chi connectivity index (χ4n) is 2.23. The number of para-hydroxylation sites is 1. The molecule has 2 rings (SSSR count). The molecular weight excluding hydrogens is 254 g/mol. The van der Waals surface area contributed by atoms with E-state index in [1.54, 1.807) is 14.2 Å². The van der Waals surface area contributed by atoms with Gasteiger partial charge in [0.15, 0.2) is 11.5 Å². The number of hydrogen-bond donors (Lipinski definition) is 1. The fourth-order valence-corrected chi connectivity index (χ4v) is 2.23. The third-order valence-corrected chi connectivity index (χ3v) is 3.14. The first-order chi connectivity index (χ1) is 9.72. The molecule has 5 nitrogen and oxygen atoms in total. The predicted molar refractivity (Wildman–Crippen MR) is 79.0 cm³/mol. The minimum Gasteiger partial charge on any atom is -0.493 e. The highest BCUT2D eigenvalue weighted by molar-refractivity contribution is 5.75. The van der Waals surface area contributed by atoms with Gasteiger partial charge in [0.1, 0.15) is 12.1 Å². The van der Waals surface area contributed by atoms with Gasteiger partial charge in [0.05, 0.1) is 19.9 Å². The lowest BCUT2D eigenvalue weighted by Crippen LogP contribution is -2.03. The van der Waals surface area contributed by atoms with Crippen molar-refractivity contribution in [2.45, 2.75) is 19.8 Å². The zero-order chi connectivity index (χ0) is 14.5. The lowest BCUT2D eigenvalue weighted by molar-refractivity contribution is 0.356. The molecular formula is C15H19N3O2. The molecule has 2 N–H and O–H groups in total. The van der Waals surface area contributed by atoms with Crippen molar-refractivity contribution in [3.8, 4) is 22.8 Å². The van der Waals surface area contributed by atoms with E-state index in [1.165, 1.54) is 6.33 Å². The smallest absolute Gasteiger partial charge is 0.170 e. The van der Waals surface area contributed by atoms with Crippen LogP contribution in [0.4, 0.5) is 5.82 Å². The molecule has 106 valence electrons. The van der Waals surface area contributed by atoms with Crippen LogP contribution in [0.15, 0.2) is 24.5 Å². The standard InChI is InChI=1S/C15H19N3O2/c1-4-6-11-13(17-9-18-15(11)16)10-7-5-8-12(19-2)14(10)20-3/h5,7-9H,4,6H2,1-3H3,(H2,16,17,18). The van der Waals surface area contributed by atoms with Crippen LogP contribution in [0.5, 0.6) is 11.5 Å². The highest BCUT2D eigenvalue weighted by atomic mass is 16.5. The Morgan fingerprint density at radius 2 is 1.95 bits per heavy atom. The zero-order valence-electron chi connectivity index (χ0n) is 12.0. The Morgan fingerprint density at radius 3 is 2.60 bits per heavy atom. The van der Waals surface area contributed by atoms with Crippen LogP contribution in [0.25, 0.3) is 11.3 Å². The predicted octanol–water partition coefficient (Wildman–Crippen LogP) is 2.70. The first-order valence-corrected chi connectivity index (χ1v) is 6.53. The summed E-state index contributed by atoms with van der Waals surface area (Å²) in [5.41, 5.74) is 8.60. The minimum absolute atomic E-state index is 0.515. The monoisotopic (exact) mass is 273 g/mol. The molecule has 20 heavy (non-hydrogen) atoms. The quantitative estimate of drug-likeness (QED) is 0.907. The number of rotatable bonds is 5. The number of aromatic nitrogens is 2. The summed E-state index contributed by atoms with van der Waals surface area (Å²) in [6.45, 7) is 2.10. The van der Waals surface area contributed by atoms with Crippen LogP contribution in [0.2, 0.25) is 0 Å². The Labute approximate surface area is 118 Å². The second-order valence-electron chi connectivity index (χ2n) is 4.38. The third-order valence-electron chi connectivity index (χ3n) is 3.14. The van der Waals surface area contributed by atoms with Crippen molar-refractivity contribution in [1.29, 1.82) is 0 Å². The van der Waals surface area contributed by atoms with Gasteiger partial charge in [-0.15, -0.1) is 0 Å². The molecule has 0 saturated carbocycles. The Kier molecular flexibility index (Phi) is 4.40. The maximum Gasteiger partial charge on any atom is 0.170 e. The van der Waals surface area contributed by atoms with E-state index in [9.17, 15) is 0 Å². The van der Waals surface area contributed by atoms with Gasteiger partial charge in [0.25, 0.3) is 0 Å². The van der Waals surface area contributed by atoms with Crippen molar-refractivity contribution in [3.63, 3.8) is 0 Å². The van der Waals surface area contributed by atoms with E-state index in [4.69, 9.17) is 15.2 Å². The summed E-state index contributed by atoms with van der Waals surface area (Å²) >= 11 is 0. The van der Waals surface area contributed by atoms with E-state index in [1.807, 2.05) is 18.2 Å². The number of nitrogen functional groups attached to an aromatic ring is 1. The van der Waals surface area contributed by atoms with Crippen molar-refractivity contribution in [3.05, 3.63) is 30.1 Å². The van der Waals surface area contributed by atoms with Gasteiger partial charge in [-0.3, -0.25) is 0 Å². The maximum absolute atomic E-state index is 5.98. The number of methoxy groups -OCH3 is 2. The average molecular weight is 273 g/mol. The van der Waals surface area contributed by atoms with Crippen LogP contribution in [0.3, 0.4) is 0 Å². The molecule has 2 aromatic rings. The number of nitrogens with zero attached hydrogens (tertiary/aromatic N) is 2. The molecule has 0 spiro atoms. The topological polar surface area (TPSA) is 70.3 Å². The Balaban J connectivity index is 2.65. The van der Waals surface area contributed by atoms with Crippen LogP contribution in [0, 0.1) is 0 Å². The second kappa shape index (κ2) is 6.23. The Hall–Kier alpha value is -2.30. The van der Waals surface area contributed by atoms with E-state index in [2.05, 4.69) is 16.9 Å². The van der Waals surface area contributed by atoms with Crippen LogP contribution in [-0.4, -0.2) is 24.2 Å². The Bertz CT molecular complexity index is 600. The van der Waals surface area contributed by atoms with Crippen LogP contribution < -0.4 is 15.2 Å². The molecule has 1 aromatic carbocycles. The van der Waals surface area contributed by atoms with Crippen LogP contribution in [0.1, 0.15) is 18.9 Å². The molecule has 0 amide bonds. The largest absolute Gasteiger partial charge is 0.493 e. The molecule has 1 aromatic heterocycles. The van der Waals surface area contributed by atoms with E-state index >= 15 is 0 Å². The third kappa shape index (κ3) is 2.52. The summed E-state index contributed by atoms with van der Waals surface area (Å²) in [6, 6.07) is 5.71. The van der Waals surface area contributed by atoms with Gasteiger partial charge in [-0.25, -0.2) is 9.97 Å². The van der Waals surface area contributed by atoms with Gasteiger partial charge in [-0.1, -0.05) is 19.4 Å². The molecule has 0 fully saturated rings. The van der Waals surface area contributed by atoms with Gasteiger partial charge in [0, 0.05) is 11.1 Å². The first kappa shape index (κ1) is 14.1. The van der Waals surface area contributed by atoms with Gasteiger partial charge in [-0.2, -0.15) is 0 Å². The number of nitrogens with two attached hydrogens (primary N) is 1. The SMILES string of the molecule is CCCc1c(N)ncnc1-c1cccc(OC)c1OC. The maximum atomic E-state index is 5.98. The summed E-state index contributed by atoms with van der Waals surface area (Å²) in [6.07, 6.45) is 3.27. The molecule has 1 heterocycles. The molecule has 0 radical (unpaired) electrons. The number of anilines is 1. The molecule has 0 unspecified atom stereocenters. The van der Waals surface area contributed by atoms with E-state index in [0.717, 1.165) is 29.7 Å². The highest BCUT2D eigenvalue weighted by Gasteiger charge is 2.17. The second-order valence-corrected chi connectivity index (χ2v) is 4.38. The number of ether oxygens (including phenoxy) is 2. The van der Waals surface area contributed by atoms with Crippen molar-refractivity contribution in [2.24, 2.45) is 0 Å². The van der Waals surface area contributed by atoms with Gasteiger partial charge in [-0.05, 0) is 18.6 Å². The summed E-state index contributed by atoms with van der Waals surface area (Å²) < 4.78 is 10.8. The van der Waals surface area contributed by atoms with Crippen molar-refractivity contribution in [2.75, 3.05) is 20.0 Å². The minimum atomic E-state index is 0.515. The number of benzene rings is 1. The van der Waals surface area contributed by atoms with Crippen LogP contribution in [-0.2, 0) is 6.42 Å². The summed E-state index contributed by atoms with van der Waals surface area (Å²) in [7, 11) is 3.23. The molecule has 0 bridgehead atoms. The van der Waals surface area contributed by atoms with Gasteiger partial charge in [0.2, 0.25) is 0 Å². The highest BCUT2D eigenvalue weighted by Crippen LogP contribution is 2.39. The summed E-state index contributed by atoms with van der Waals surface area (Å²) in [4.78, 5) is 8.46. The van der Waals surface area contributed by atoms with Gasteiger partial charge < -0.3 is 15.2 Å². The van der Waals surface area contributed by atoms with Crippen molar-refractivity contribution in [1.82, 2.24) is 9.97 Å². The summed E-state index contributed by atoms with van der Waals surface area (Å²) in [5.74, 6) is 1.84. The molecule has 0 aliphatic heterocycles. The van der Waals surface area contributed by atoms with E-state index in [0.29, 0.717) is 17.3 Å².